The van der Waals surface area contributed by atoms with Gasteiger partial charge in [-0.2, -0.15) is 0 Å². The number of hydrogen-bond acceptors (Lipinski definition) is 5. The molecule has 0 aliphatic carbocycles. The Morgan fingerprint density at radius 2 is 2.19 bits per heavy atom. The van der Waals surface area contributed by atoms with Gasteiger partial charge in [0.25, 0.3) is 0 Å². The van der Waals surface area contributed by atoms with Gasteiger partial charge >= 0.3 is 0 Å². The Balaban J connectivity index is 0.000000160. The summed E-state index contributed by atoms with van der Waals surface area (Å²) < 4.78 is 5.03. The van der Waals surface area contributed by atoms with Gasteiger partial charge in [-0.1, -0.05) is 5.16 Å². The lowest BCUT2D eigenvalue weighted by atomic mass is 10.4. The predicted octanol–water partition coefficient (Wildman–Crippen LogP) is 0.927. The number of hydroxylamine groups is 2. The summed E-state index contributed by atoms with van der Waals surface area (Å²) in [5.74, 6) is 0.833. The van der Waals surface area contributed by atoms with E-state index in [4.69, 9.17) is 9.57 Å². The van der Waals surface area contributed by atoms with E-state index in [-0.39, 0.29) is 5.91 Å². The number of oxime groups is 1. The van der Waals surface area contributed by atoms with Gasteiger partial charge in [0, 0.05) is 6.54 Å². The first kappa shape index (κ1) is 12.8. The fourth-order valence-electron chi connectivity index (χ4n) is 1.27. The summed E-state index contributed by atoms with van der Waals surface area (Å²) in [6.45, 7) is 6.41. The number of hydrogen-bond donors (Lipinski definition) is 0. The van der Waals surface area contributed by atoms with E-state index in [1.807, 2.05) is 13.8 Å². The zero-order chi connectivity index (χ0) is 11.8. The number of ether oxygens (including phenoxy) is 1. The van der Waals surface area contributed by atoms with Gasteiger partial charge in [0.05, 0.1) is 26.1 Å². The van der Waals surface area contributed by atoms with Crippen molar-refractivity contribution in [3.8, 4) is 0 Å². The van der Waals surface area contributed by atoms with E-state index in [1.165, 1.54) is 5.06 Å². The van der Waals surface area contributed by atoms with Crippen molar-refractivity contribution in [2.45, 2.75) is 26.7 Å². The maximum absolute atomic E-state index is 10.6. The van der Waals surface area contributed by atoms with Gasteiger partial charge < -0.3 is 9.57 Å². The summed E-state index contributed by atoms with van der Waals surface area (Å²) in [5.41, 5.74) is 0. The molecule has 0 unspecified atom stereocenters. The molecule has 2 aliphatic heterocycles. The van der Waals surface area contributed by atoms with Crippen LogP contribution in [0.5, 0.6) is 0 Å². The molecular weight excluding hydrogens is 212 g/mol. The molecule has 0 bridgehead atoms. The number of carbonyl (C=O) groups excluding carboxylic acids is 1. The van der Waals surface area contributed by atoms with Crippen molar-refractivity contribution in [3.63, 3.8) is 0 Å². The van der Waals surface area contributed by atoms with Gasteiger partial charge in [-0.05, 0) is 13.8 Å². The highest BCUT2D eigenvalue weighted by Gasteiger charge is 2.18. The van der Waals surface area contributed by atoms with E-state index < -0.39 is 0 Å². The molecule has 0 aromatic rings. The van der Waals surface area contributed by atoms with Crippen LogP contribution < -0.4 is 0 Å². The largest absolute Gasteiger partial charge is 0.479 e. The molecule has 0 radical (unpaired) electrons. The molecule has 1 saturated heterocycles. The van der Waals surface area contributed by atoms with Crippen LogP contribution in [0.25, 0.3) is 0 Å². The molecule has 1 amide bonds. The first-order valence-electron chi connectivity index (χ1n) is 5.52. The lowest BCUT2D eigenvalue weighted by Gasteiger charge is -2.08. The highest BCUT2D eigenvalue weighted by atomic mass is 16.7. The Hall–Kier alpha value is -1.30. The topological polar surface area (TPSA) is 60.4 Å². The van der Waals surface area contributed by atoms with Crippen molar-refractivity contribution >= 4 is 11.8 Å². The van der Waals surface area contributed by atoms with Crippen molar-refractivity contribution < 1.29 is 19.2 Å². The number of carbonyl (C=O) groups is 1. The Morgan fingerprint density at radius 1 is 1.38 bits per heavy atom. The number of amides is 1. The normalized spacial score (nSPS) is 18.8. The third-order valence-electron chi connectivity index (χ3n) is 2.01. The smallest absolute Gasteiger partial charge is 0.248 e. The van der Waals surface area contributed by atoms with Gasteiger partial charge in [-0.3, -0.25) is 9.63 Å². The molecule has 16 heavy (non-hydrogen) atoms. The minimum Gasteiger partial charge on any atom is -0.479 e. The monoisotopic (exact) mass is 230 g/mol. The molecule has 2 aliphatic rings. The second-order valence-corrected chi connectivity index (χ2v) is 3.17. The molecule has 0 aromatic heterocycles. The summed E-state index contributed by atoms with van der Waals surface area (Å²) in [7, 11) is 0. The standard InChI is InChI=1S/2C5H9NO2/c1-2-7-5-3-4-8-6-5;1-2-6-5(7)3-4-8-6/h2*2-4H2,1H3. The summed E-state index contributed by atoms with van der Waals surface area (Å²) >= 11 is 0. The van der Waals surface area contributed by atoms with Crippen molar-refractivity contribution in [2.75, 3.05) is 26.4 Å². The Morgan fingerprint density at radius 3 is 2.56 bits per heavy atom. The minimum atomic E-state index is 0.104. The Kier molecular flexibility index (Phi) is 5.63. The molecule has 6 heteroatoms. The third kappa shape index (κ3) is 4.06. The van der Waals surface area contributed by atoms with E-state index in [2.05, 4.69) is 9.99 Å². The maximum atomic E-state index is 10.6. The molecule has 2 rings (SSSR count). The summed E-state index contributed by atoms with van der Waals surface area (Å²) in [4.78, 5) is 20.2. The van der Waals surface area contributed by atoms with Gasteiger partial charge in [0.1, 0.15) is 6.61 Å². The molecule has 1 fully saturated rings. The second kappa shape index (κ2) is 7.05. The van der Waals surface area contributed by atoms with E-state index in [0.717, 1.165) is 12.3 Å². The van der Waals surface area contributed by atoms with Crippen LogP contribution in [-0.4, -0.2) is 43.2 Å². The predicted molar refractivity (Wildman–Crippen MR) is 57.6 cm³/mol. The molecule has 0 atom stereocenters. The van der Waals surface area contributed by atoms with Gasteiger partial charge in [-0.25, -0.2) is 5.06 Å². The van der Waals surface area contributed by atoms with E-state index in [1.54, 1.807) is 0 Å². The molecule has 92 valence electrons. The van der Waals surface area contributed by atoms with Crippen molar-refractivity contribution in [1.82, 2.24) is 5.06 Å². The van der Waals surface area contributed by atoms with E-state index >= 15 is 0 Å². The Bertz CT molecular complexity index is 255. The van der Waals surface area contributed by atoms with Crippen LogP contribution >= 0.6 is 0 Å². The third-order valence-corrected chi connectivity index (χ3v) is 2.01. The molecule has 2 heterocycles. The van der Waals surface area contributed by atoms with Crippen molar-refractivity contribution in [3.05, 3.63) is 0 Å². The number of nitrogens with zero attached hydrogens (tertiary/aromatic N) is 2. The van der Waals surface area contributed by atoms with Gasteiger partial charge in [0.15, 0.2) is 0 Å². The molecular formula is C10H18N2O4. The van der Waals surface area contributed by atoms with E-state index in [9.17, 15) is 4.79 Å². The maximum Gasteiger partial charge on any atom is 0.248 e. The highest BCUT2D eigenvalue weighted by molar-refractivity contribution is 5.76. The number of rotatable bonds is 2. The lowest BCUT2D eigenvalue weighted by molar-refractivity contribution is -0.160. The zero-order valence-corrected chi connectivity index (χ0v) is 9.77. The summed E-state index contributed by atoms with van der Waals surface area (Å²) in [6.07, 6.45) is 1.38. The van der Waals surface area contributed by atoms with Crippen LogP contribution in [-0.2, 0) is 19.2 Å². The highest BCUT2D eigenvalue weighted by Crippen LogP contribution is 2.04. The van der Waals surface area contributed by atoms with E-state index in [0.29, 0.717) is 32.8 Å². The van der Waals surface area contributed by atoms with Crippen LogP contribution in [0.15, 0.2) is 5.16 Å². The SMILES string of the molecule is CCN1OCCC1=O.CCOC1=NOCC1. The molecule has 6 nitrogen and oxygen atoms in total. The van der Waals surface area contributed by atoms with Crippen LogP contribution in [0.4, 0.5) is 0 Å². The second-order valence-electron chi connectivity index (χ2n) is 3.17. The first-order chi connectivity index (χ1) is 7.77. The van der Waals surface area contributed by atoms with Crippen molar-refractivity contribution in [2.24, 2.45) is 5.16 Å². The fourth-order valence-corrected chi connectivity index (χ4v) is 1.27. The van der Waals surface area contributed by atoms with Gasteiger partial charge in [-0.15, -0.1) is 0 Å². The van der Waals surface area contributed by atoms with Crippen LogP contribution in [0, 0.1) is 0 Å². The molecule has 0 aromatic carbocycles. The lowest BCUT2D eigenvalue weighted by Crippen LogP contribution is -2.22. The van der Waals surface area contributed by atoms with Gasteiger partial charge in [0.2, 0.25) is 11.8 Å². The van der Waals surface area contributed by atoms with Crippen LogP contribution in [0.3, 0.4) is 0 Å². The van der Waals surface area contributed by atoms with Crippen molar-refractivity contribution in [1.29, 1.82) is 0 Å². The zero-order valence-electron chi connectivity index (χ0n) is 9.77. The molecule has 0 spiro atoms. The van der Waals surface area contributed by atoms with Crippen LogP contribution in [0.1, 0.15) is 26.7 Å². The molecule has 0 N–H and O–H groups in total. The summed E-state index contributed by atoms with van der Waals surface area (Å²) in [5, 5.41) is 5.01. The summed E-state index contributed by atoms with van der Waals surface area (Å²) in [6, 6.07) is 0. The molecule has 0 saturated carbocycles. The van der Waals surface area contributed by atoms with Crippen LogP contribution in [0.2, 0.25) is 0 Å². The average Bonchev–Trinajstić information content (AvgIpc) is 2.91. The average molecular weight is 230 g/mol. The Labute approximate surface area is 95.1 Å². The quantitative estimate of drug-likeness (QED) is 0.708. The minimum absolute atomic E-state index is 0.104. The first-order valence-corrected chi connectivity index (χ1v) is 5.52. The fraction of sp³-hybridized carbons (Fsp3) is 0.800.